The molecule has 0 saturated carbocycles. The molecule has 0 aliphatic rings. The number of benzene rings is 1. The summed E-state index contributed by atoms with van der Waals surface area (Å²) in [5, 5.41) is 12.6. The zero-order valence-corrected chi connectivity index (χ0v) is 13.2. The summed E-state index contributed by atoms with van der Waals surface area (Å²) in [6.45, 7) is 3.45. The average molecular weight is 319 g/mol. The molecule has 0 spiro atoms. The summed E-state index contributed by atoms with van der Waals surface area (Å²) in [7, 11) is 0. The number of nitrogens with one attached hydrogen (secondary N) is 3. The lowest BCUT2D eigenvalue weighted by molar-refractivity contribution is -0.116. The highest BCUT2D eigenvalue weighted by atomic mass is 32.2. The fourth-order valence-electron chi connectivity index (χ4n) is 1.77. The summed E-state index contributed by atoms with van der Waals surface area (Å²) in [6.07, 6.45) is 0.220. The fourth-order valence-corrected chi connectivity index (χ4v) is 2.29. The number of rotatable bonds is 6. The molecule has 3 N–H and O–H groups in total. The van der Waals surface area contributed by atoms with Gasteiger partial charge in [-0.05, 0) is 23.4 Å². The van der Waals surface area contributed by atoms with E-state index in [1.54, 1.807) is 24.3 Å². The van der Waals surface area contributed by atoms with Crippen LogP contribution < -0.4 is 10.6 Å². The molecule has 2 amide bonds. The van der Waals surface area contributed by atoms with Gasteiger partial charge in [0.1, 0.15) is 0 Å². The third kappa shape index (κ3) is 4.88. The van der Waals surface area contributed by atoms with Crippen LogP contribution in [-0.4, -0.2) is 32.7 Å². The lowest BCUT2D eigenvalue weighted by Crippen LogP contribution is -2.15. The van der Waals surface area contributed by atoms with E-state index in [2.05, 4.69) is 25.8 Å². The normalized spacial score (nSPS) is 10.3. The van der Waals surface area contributed by atoms with Crippen LogP contribution in [0.5, 0.6) is 0 Å². The Balaban J connectivity index is 1.89. The molecular formula is C14H17N5O2S. The molecule has 1 aromatic carbocycles. The monoisotopic (exact) mass is 319 g/mol. The molecule has 0 saturated heterocycles. The third-order valence-electron chi connectivity index (χ3n) is 2.64. The number of thioether (sulfide) groups is 1. The standard InChI is InChI=1S/C14H17N5O2S/c1-3-22-14-17-13(18-19-14)16-12(21)8-10-4-6-11(7-5-10)15-9(2)20/h4-7H,3,8H2,1-2H3,(H,15,20)(H2,16,17,18,19,21). The number of hydrogen-bond donors (Lipinski definition) is 3. The second kappa shape index (κ2) is 7.60. The number of H-pyrrole nitrogens is 1. The van der Waals surface area contributed by atoms with E-state index < -0.39 is 0 Å². The molecule has 0 aliphatic carbocycles. The fraction of sp³-hybridized carbons (Fsp3) is 0.286. The first-order chi connectivity index (χ1) is 10.6. The van der Waals surface area contributed by atoms with E-state index in [1.165, 1.54) is 18.7 Å². The highest BCUT2D eigenvalue weighted by Gasteiger charge is 2.08. The average Bonchev–Trinajstić information content (AvgIpc) is 2.88. The van der Waals surface area contributed by atoms with Gasteiger partial charge in [-0.15, -0.1) is 5.10 Å². The van der Waals surface area contributed by atoms with Gasteiger partial charge in [0.15, 0.2) is 0 Å². The minimum Gasteiger partial charge on any atom is -0.326 e. The van der Waals surface area contributed by atoms with Crippen molar-refractivity contribution >= 4 is 35.2 Å². The van der Waals surface area contributed by atoms with Crippen LogP contribution in [0.4, 0.5) is 11.6 Å². The third-order valence-corrected chi connectivity index (χ3v) is 3.36. The first-order valence-electron chi connectivity index (χ1n) is 6.78. The molecule has 0 aliphatic heterocycles. The number of nitrogens with zero attached hydrogens (tertiary/aromatic N) is 2. The predicted molar refractivity (Wildman–Crippen MR) is 85.9 cm³/mol. The molecule has 0 atom stereocenters. The van der Waals surface area contributed by atoms with E-state index in [0.717, 1.165) is 11.3 Å². The van der Waals surface area contributed by atoms with Gasteiger partial charge in [-0.25, -0.2) is 5.10 Å². The Morgan fingerprint density at radius 3 is 2.59 bits per heavy atom. The summed E-state index contributed by atoms with van der Waals surface area (Å²) >= 11 is 1.49. The van der Waals surface area contributed by atoms with Crippen LogP contribution in [-0.2, 0) is 16.0 Å². The zero-order valence-electron chi connectivity index (χ0n) is 12.3. The summed E-state index contributed by atoms with van der Waals surface area (Å²) in [5.41, 5.74) is 1.54. The van der Waals surface area contributed by atoms with Gasteiger partial charge in [0, 0.05) is 12.6 Å². The summed E-state index contributed by atoms with van der Waals surface area (Å²) in [6, 6.07) is 7.11. The van der Waals surface area contributed by atoms with E-state index in [0.29, 0.717) is 16.8 Å². The molecular weight excluding hydrogens is 302 g/mol. The molecule has 0 bridgehead atoms. The van der Waals surface area contributed by atoms with Crippen molar-refractivity contribution < 1.29 is 9.59 Å². The molecule has 0 radical (unpaired) electrons. The van der Waals surface area contributed by atoms with E-state index in [9.17, 15) is 9.59 Å². The van der Waals surface area contributed by atoms with Crippen LogP contribution in [0.15, 0.2) is 29.4 Å². The smallest absolute Gasteiger partial charge is 0.231 e. The van der Waals surface area contributed by atoms with E-state index in [1.807, 2.05) is 6.92 Å². The second-order valence-corrected chi connectivity index (χ2v) is 5.73. The molecule has 2 aromatic rings. The maximum atomic E-state index is 11.9. The van der Waals surface area contributed by atoms with Crippen LogP contribution in [0.2, 0.25) is 0 Å². The summed E-state index contributed by atoms with van der Waals surface area (Å²) in [5.74, 6) is 0.898. The molecule has 7 nitrogen and oxygen atoms in total. The highest BCUT2D eigenvalue weighted by molar-refractivity contribution is 7.99. The first-order valence-corrected chi connectivity index (χ1v) is 7.77. The van der Waals surface area contributed by atoms with Gasteiger partial charge in [0.05, 0.1) is 6.42 Å². The largest absolute Gasteiger partial charge is 0.326 e. The molecule has 22 heavy (non-hydrogen) atoms. The van der Waals surface area contributed by atoms with Crippen molar-refractivity contribution in [3.8, 4) is 0 Å². The maximum Gasteiger partial charge on any atom is 0.231 e. The van der Waals surface area contributed by atoms with Crippen molar-refractivity contribution in [1.82, 2.24) is 15.2 Å². The van der Waals surface area contributed by atoms with Gasteiger partial charge >= 0.3 is 0 Å². The lowest BCUT2D eigenvalue weighted by Gasteiger charge is -2.04. The Labute approximate surface area is 132 Å². The van der Waals surface area contributed by atoms with Crippen molar-refractivity contribution in [3.63, 3.8) is 0 Å². The molecule has 2 rings (SSSR count). The Hall–Kier alpha value is -2.35. The second-order valence-electron chi connectivity index (χ2n) is 4.50. The van der Waals surface area contributed by atoms with Gasteiger partial charge in [-0.1, -0.05) is 30.8 Å². The van der Waals surface area contributed by atoms with Gasteiger partial charge in [-0.2, -0.15) is 4.98 Å². The number of hydrogen-bond acceptors (Lipinski definition) is 5. The minimum atomic E-state index is -0.184. The van der Waals surface area contributed by atoms with Gasteiger partial charge in [0.2, 0.25) is 22.9 Å². The van der Waals surface area contributed by atoms with Crippen molar-refractivity contribution in [2.45, 2.75) is 25.4 Å². The molecule has 8 heteroatoms. The number of aromatic nitrogens is 3. The van der Waals surface area contributed by atoms with Crippen LogP contribution in [0.1, 0.15) is 19.4 Å². The summed E-state index contributed by atoms with van der Waals surface area (Å²) < 4.78 is 0. The van der Waals surface area contributed by atoms with Crippen LogP contribution in [0, 0.1) is 0 Å². The van der Waals surface area contributed by atoms with Crippen LogP contribution >= 0.6 is 11.8 Å². The Morgan fingerprint density at radius 2 is 1.95 bits per heavy atom. The van der Waals surface area contributed by atoms with Crippen molar-refractivity contribution in [2.75, 3.05) is 16.4 Å². The lowest BCUT2D eigenvalue weighted by atomic mass is 10.1. The minimum absolute atomic E-state index is 0.128. The van der Waals surface area contributed by atoms with E-state index in [4.69, 9.17) is 0 Å². The Morgan fingerprint density at radius 1 is 1.23 bits per heavy atom. The Bertz CT molecular complexity index is 654. The van der Waals surface area contributed by atoms with E-state index in [-0.39, 0.29) is 18.2 Å². The molecule has 1 heterocycles. The predicted octanol–water partition coefficient (Wildman–Crippen LogP) is 2.06. The number of carbonyl (C=O) groups is 2. The van der Waals surface area contributed by atoms with Crippen molar-refractivity contribution in [2.24, 2.45) is 0 Å². The topological polar surface area (TPSA) is 99.8 Å². The summed E-state index contributed by atoms with van der Waals surface area (Å²) in [4.78, 5) is 27.0. The van der Waals surface area contributed by atoms with Crippen molar-refractivity contribution in [3.05, 3.63) is 29.8 Å². The molecule has 1 aromatic heterocycles. The number of aromatic amines is 1. The SMILES string of the molecule is CCSc1n[nH]c(NC(=O)Cc2ccc(NC(C)=O)cc2)n1. The van der Waals surface area contributed by atoms with Crippen LogP contribution in [0.3, 0.4) is 0 Å². The number of carbonyl (C=O) groups excluding carboxylic acids is 2. The zero-order chi connectivity index (χ0) is 15.9. The van der Waals surface area contributed by atoms with Gasteiger partial charge in [0.25, 0.3) is 0 Å². The van der Waals surface area contributed by atoms with Gasteiger partial charge in [-0.3, -0.25) is 14.9 Å². The Kier molecular flexibility index (Phi) is 5.54. The molecule has 0 unspecified atom stereocenters. The maximum absolute atomic E-state index is 11.9. The first kappa shape index (κ1) is 16.0. The highest BCUT2D eigenvalue weighted by Crippen LogP contribution is 2.14. The number of anilines is 2. The van der Waals surface area contributed by atoms with Crippen molar-refractivity contribution in [1.29, 1.82) is 0 Å². The number of amides is 2. The van der Waals surface area contributed by atoms with Gasteiger partial charge < -0.3 is 5.32 Å². The molecule has 116 valence electrons. The quantitative estimate of drug-likeness (QED) is 0.708. The molecule has 0 fully saturated rings. The van der Waals surface area contributed by atoms with E-state index >= 15 is 0 Å². The van der Waals surface area contributed by atoms with Crippen LogP contribution in [0.25, 0.3) is 0 Å².